The summed E-state index contributed by atoms with van der Waals surface area (Å²) >= 11 is 12.0. The molecule has 4 rings (SSSR count). The SMILES string of the molecule is Cc1cc(-n2ncc(C#N)c2NC(=O)CCCOc2ccc(Cl)cc2Cl)nc2c(C)cccc12. The summed E-state index contributed by atoms with van der Waals surface area (Å²) in [6.07, 6.45) is 2.05. The number of aromatic nitrogens is 3. The number of benzene rings is 2. The van der Waals surface area contributed by atoms with Crippen molar-refractivity contribution in [3.8, 4) is 17.6 Å². The molecule has 2 aromatic carbocycles. The number of pyridine rings is 1. The molecule has 2 aromatic heterocycles. The molecule has 2 heterocycles. The molecule has 1 amide bonds. The van der Waals surface area contributed by atoms with E-state index in [1.54, 1.807) is 18.2 Å². The van der Waals surface area contributed by atoms with E-state index in [1.165, 1.54) is 10.9 Å². The fourth-order valence-corrected chi connectivity index (χ4v) is 4.04. The van der Waals surface area contributed by atoms with Crippen molar-refractivity contribution in [2.75, 3.05) is 11.9 Å². The number of rotatable bonds is 7. The minimum absolute atomic E-state index is 0.185. The van der Waals surface area contributed by atoms with Crippen molar-refractivity contribution in [1.82, 2.24) is 14.8 Å². The van der Waals surface area contributed by atoms with Crippen LogP contribution in [0, 0.1) is 25.2 Å². The Hall–Kier alpha value is -3.60. The van der Waals surface area contributed by atoms with Crippen LogP contribution in [0.1, 0.15) is 29.5 Å². The second kappa shape index (κ2) is 10.1. The van der Waals surface area contributed by atoms with Crippen LogP contribution >= 0.6 is 23.2 Å². The van der Waals surface area contributed by atoms with Gasteiger partial charge in [0.2, 0.25) is 5.91 Å². The molecule has 34 heavy (non-hydrogen) atoms. The molecule has 7 nitrogen and oxygen atoms in total. The van der Waals surface area contributed by atoms with E-state index >= 15 is 0 Å². The molecule has 0 atom stereocenters. The van der Waals surface area contributed by atoms with Crippen molar-refractivity contribution in [2.24, 2.45) is 0 Å². The van der Waals surface area contributed by atoms with Crippen molar-refractivity contribution < 1.29 is 9.53 Å². The minimum Gasteiger partial charge on any atom is -0.492 e. The Balaban J connectivity index is 1.48. The van der Waals surface area contributed by atoms with E-state index in [-0.39, 0.29) is 23.7 Å². The third-order valence-electron chi connectivity index (χ3n) is 5.30. The van der Waals surface area contributed by atoms with Gasteiger partial charge in [0.05, 0.1) is 23.3 Å². The fraction of sp³-hybridized carbons (Fsp3) is 0.200. The number of nitrogens with zero attached hydrogens (tertiary/aromatic N) is 4. The maximum Gasteiger partial charge on any atom is 0.225 e. The van der Waals surface area contributed by atoms with Gasteiger partial charge in [-0.2, -0.15) is 15.0 Å². The summed E-state index contributed by atoms with van der Waals surface area (Å²) < 4.78 is 7.12. The molecule has 0 radical (unpaired) electrons. The van der Waals surface area contributed by atoms with Crippen molar-refractivity contribution in [1.29, 1.82) is 5.26 Å². The number of nitrogens with one attached hydrogen (secondary N) is 1. The number of ether oxygens (including phenoxy) is 1. The summed E-state index contributed by atoms with van der Waals surface area (Å²) in [4.78, 5) is 17.4. The number of para-hydroxylation sites is 1. The Morgan fingerprint density at radius 3 is 2.76 bits per heavy atom. The number of anilines is 1. The fourth-order valence-electron chi connectivity index (χ4n) is 3.58. The lowest BCUT2D eigenvalue weighted by Gasteiger charge is -2.12. The van der Waals surface area contributed by atoms with E-state index in [0.29, 0.717) is 34.6 Å². The van der Waals surface area contributed by atoms with Crippen LogP contribution in [0.15, 0.2) is 48.7 Å². The first-order valence-electron chi connectivity index (χ1n) is 10.6. The summed E-state index contributed by atoms with van der Waals surface area (Å²) in [5, 5.41) is 18.6. The Morgan fingerprint density at radius 2 is 2.00 bits per heavy atom. The highest BCUT2D eigenvalue weighted by Crippen LogP contribution is 2.28. The molecular weight excluding hydrogens is 473 g/mol. The molecule has 0 saturated heterocycles. The molecule has 0 aliphatic rings. The van der Waals surface area contributed by atoms with E-state index in [9.17, 15) is 10.1 Å². The monoisotopic (exact) mass is 493 g/mol. The Kier molecular flexibility index (Phi) is 7.01. The number of hydrogen-bond acceptors (Lipinski definition) is 5. The molecule has 0 bridgehead atoms. The molecule has 0 unspecified atom stereocenters. The standard InChI is InChI=1S/C25H21Cl2N5O2/c1-15-5-3-6-19-16(2)11-22(30-24(15)19)32-25(17(13-28)14-29-32)31-23(33)7-4-10-34-21-9-8-18(26)12-20(21)27/h3,5-6,8-9,11-12,14H,4,7,10H2,1-2H3,(H,31,33). The van der Waals surface area contributed by atoms with Crippen molar-refractivity contribution in [3.63, 3.8) is 0 Å². The highest BCUT2D eigenvalue weighted by molar-refractivity contribution is 6.35. The number of nitriles is 1. The molecule has 9 heteroatoms. The van der Waals surface area contributed by atoms with Gasteiger partial charge in [-0.05, 0) is 55.7 Å². The van der Waals surface area contributed by atoms with Gasteiger partial charge in [-0.3, -0.25) is 4.79 Å². The zero-order valence-electron chi connectivity index (χ0n) is 18.6. The zero-order chi connectivity index (χ0) is 24.2. The van der Waals surface area contributed by atoms with E-state index in [4.69, 9.17) is 32.9 Å². The van der Waals surface area contributed by atoms with Gasteiger partial charge in [0.25, 0.3) is 0 Å². The van der Waals surface area contributed by atoms with Crippen LogP contribution in [0.5, 0.6) is 5.75 Å². The Bertz CT molecular complexity index is 1430. The first-order valence-corrected chi connectivity index (χ1v) is 11.4. The van der Waals surface area contributed by atoms with E-state index in [0.717, 1.165) is 22.0 Å². The summed E-state index contributed by atoms with van der Waals surface area (Å²) in [6, 6.07) is 14.9. The molecule has 4 aromatic rings. The van der Waals surface area contributed by atoms with Gasteiger partial charge in [-0.1, -0.05) is 41.4 Å². The van der Waals surface area contributed by atoms with Gasteiger partial charge in [0.1, 0.15) is 17.4 Å². The molecule has 0 aliphatic heterocycles. The van der Waals surface area contributed by atoms with Crippen molar-refractivity contribution in [3.05, 3.63) is 75.4 Å². The van der Waals surface area contributed by atoms with Crippen LogP contribution in [0.3, 0.4) is 0 Å². The summed E-state index contributed by atoms with van der Waals surface area (Å²) in [5.41, 5.74) is 3.15. The third kappa shape index (κ3) is 4.98. The summed E-state index contributed by atoms with van der Waals surface area (Å²) in [7, 11) is 0. The minimum atomic E-state index is -0.266. The topological polar surface area (TPSA) is 92.8 Å². The normalized spacial score (nSPS) is 10.8. The van der Waals surface area contributed by atoms with E-state index in [1.807, 2.05) is 38.1 Å². The largest absolute Gasteiger partial charge is 0.492 e. The quantitative estimate of drug-likeness (QED) is 0.318. The van der Waals surface area contributed by atoms with Crippen molar-refractivity contribution in [2.45, 2.75) is 26.7 Å². The molecular formula is C25H21Cl2N5O2. The zero-order valence-corrected chi connectivity index (χ0v) is 20.1. The molecule has 1 N–H and O–H groups in total. The lowest BCUT2D eigenvalue weighted by atomic mass is 10.1. The third-order valence-corrected chi connectivity index (χ3v) is 5.83. The number of hydrogen-bond donors (Lipinski definition) is 1. The maximum absolute atomic E-state index is 12.6. The highest BCUT2D eigenvalue weighted by atomic mass is 35.5. The highest BCUT2D eigenvalue weighted by Gasteiger charge is 2.17. The second-order valence-corrected chi connectivity index (χ2v) is 8.62. The molecule has 0 saturated carbocycles. The van der Waals surface area contributed by atoms with Crippen molar-refractivity contribution >= 4 is 45.8 Å². The van der Waals surface area contributed by atoms with Gasteiger partial charge < -0.3 is 10.1 Å². The lowest BCUT2D eigenvalue weighted by molar-refractivity contribution is -0.116. The molecule has 0 aliphatic carbocycles. The van der Waals surface area contributed by atoms with Crippen LogP contribution in [-0.4, -0.2) is 27.3 Å². The number of carbonyl (C=O) groups excluding carboxylic acids is 1. The summed E-state index contributed by atoms with van der Waals surface area (Å²) in [6.45, 7) is 4.28. The maximum atomic E-state index is 12.6. The first kappa shape index (κ1) is 23.6. The van der Waals surface area contributed by atoms with Gasteiger partial charge in [0, 0.05) is 16.8 Å². The van der Waals surface area contributed by atoms with Gasteiger partial charge >= 0.3 is 0 Å². The average molecular weight is 494 g/mol. The number of fused-ring (bicyclic) bond motifs is 1. The first-order chi connectivity index (χ1) is 16.4. The lowest BCUT2D eigenvalue weighted by Crippen LogP contribution is -2.17. The predicted octanol–water partition coefficient (Wildman–Crippen LogP) is 6.01. The van der Waals surface area contributed by atoms with Gasteiger partial charge in [-0.25, -0.2) is 4.98 Å². The molecule has 172 valence electrons. The second-order valence-electron chi connectivity index (χ2n) is 7.77. The smallest absolute Gasteiger partial charge is 0.225 e. The van der Waals surface area contributed by atoms with Crippen LogP contribution in [0.2, 0.25) is 10.0 Å². The number of aryl methyl sites for hydroxylation is 2. The molecule has 0 fully saturated rings. The Morgan fingerprint density at radius 1 is 1.18 bits per heavy atom. The number of amides is 1. The van der Waals surface area contributed by atoms with Gasteiger partial charge in [-0.15, -0.1) is 0 Å². The van der Waals surface area contributed by atoms with Crippen LogP contribution in [-0.2, 0) is 4.79 Å². The Labute approximate surface area is 206 Å². The van der Waals surface area contributed by atoms with Gasteiger partial charge in [0.15, 0.2) is 11.6 Å². The van der Waals surface area contributed by atoms with Crippen LogP contribution in [0.4, 0.5) is 5.82 Å². The predicted molar refractivity (Wildman–Crippen MR) is 133 cm³/mol. The van der Waals surface area contributed by atoms with E-state index in [2.05, 4.69) is 16.5 Å². The summed E-state index contributed by atoms with van der Waals surface area (Å²) in [5.74, 6) is 1.05. The van der Waals surface area contributed by atoms with E-state index < -0.39 is 0 Å². The average Bonchev–Trinajstić information content (AvgIpc) is 3.21. The molecule has 0 spiro atoms. The number of carbonyl (C=O) groups is 1. The number of halogens is 2. The van der Waals surface area contributed by atoms with Crippen LogP contribution in [0.25, 0.3) is 16.7 Å². The van der Waals surface area contributed by atoms with Crippen LogP contribution < -0.4 is 10.1 Å².